The van der Waals surface area contributed by atoms with Crippen LogP contribution >= 0.6 is 0 Å². The lowest BCUT2D eigenvalue weighted by Gasteiger charge is -2.02. The van der Waals surface area contributed by atoms with E-state index in [2.05, 4.69) is 19.2 Å². The highest BCUT2D eigenvalue weighted by molar-refractivity contribution is 5.58. The van der Waals surface area contributed by atoms with E-state index in [1.807, 2.05) is 0 Å². The summed E-state index contributed by atoms with van der Waals surface area (Å²) >= 11 is 0. The molecule has 11 heavy (non-hydrogen) atoms. The van der Waals surface area contributed by atoms with Crippen LogP contribution in [0.2, 0.25) is 0 Å². The fourth-order valence-corrected chi connectivity index (χ4v) is 0.339. The molecule has 0 fully saturated rings. The third kappa shape index (κ3) is 7.08. The first-order valence-electron chi connectivity index (χ1n) is 3.26. The van der Waals surface area contributed by atoms with Crippen LogP contribution < -0.4 is 0 Å². The van der Waals surface area contributed by atoms with Gasteiger partial charge in [0.25, 0.3) is 0 Å². The molecule has 0 aliphatic carbocycles. The van der Waals surface area contributed by atoms with Crippen LogP contribution in [-0.2, 0) is 19.2 Å². The fraction of sp³-hybridized carbons (Fsp3) is 0.833. The van der Waals surface area contributed by atoms with Crippen molar-refractivity contribution in [3.8, 4) is 0 Å². The van der Waals surface area contributed by atoms with E-state index in [1.165, 1.54) is 7.11 Å². The summed E-state index contributed by atoms with van der Waals surface area (Å²) in [5, 5.41) is 0. The number of hydrogen-bond donors (Lipinski definition) is 0. The summed E-state index contributed by atoms with van der Waals surface area (Å²) in [5.74, 6) is 0. The van der Waals surface area contributed by atoms with Crippen molar-refractivity contribution in [2.75, 3.05) is 26.9 Å². The maximum atomic E-state index is 10.5. The van der Waals surface area contributed by atoms with Gasteiger partial charge in [0, 0.05) is 7.11 Å². The topological polar surface area (TPSA) is 54.0 Å². The van der Waals surface area contributed by atoms with Gasteiger partial charge in [-0.15, -0.1) is 0 Å². The predicted molar refractivity (Wildman–Crippen MR) is 35.9 cm³/mol. The second-order valence-corrected chi connectivity index (χ2v) is 1.58. The normalized spacial score (nSPS) is 9.27. The molecule has 66 valence electrons. The largest absolute Gasteiger partial charge is 0.540 e. The van der Waals surface area contributed by atoms with Gasteiger partial charge < -0.3 is 9.47 Å². The Morgan fingerprint density at radius 2 is 2.09 bits per heavy atom. The van der Waals surface area contributed by atoms with E-state index >= 15 is 0 Å². The Hall–Kier alpha value is -0.810. The first kappa shape index (κ1) is 10.2. The zero-order valence-corrected chi connectivity index (χ0v) is 6.66. The van der Waals surface area contributed by atoms with Gasteiger partial charge in [-0.3, -0.25) is 4.89 Å². The van der Waals surface area contributed by atoms with Gasteiger partial charge in [-0.1, -0.05) is 0 Å². The molecule has 0 aromatic rings. The van der Waals surface area contributed by atoms with Gasteiger partial charge in [-0.05, 0) is 6.92 Å². The van der Waals surface area contributed by atoms with Crippen LogP contribution in [0.5, 0.6) is 0 Å². The number of methoxy groups -OCH3 is 1. The van der Waals surface area contributed by atoms with Crippen molar-refractivity contribution in [3.63, 3.8) is 0 Å². The van der Waals surface area contributed by atoms with E-state index in [1.54, 1.807) is 6.92 Å². The van der Waals surface area contributed by atoms with Gasteiger partial charge in [0.05, 0.1) is 13.2 Å². The van der Waals surface area contributed by atoms with Gasteiger partial charge in [0.15, 0.2) is 0 Å². The van der Waals surface area contributed by atoms with E-state index in [-0.39, 0.29) is 6.61 Å². The van der Waals surface area contributed by atoms with Gasteiger partial charge in [0.1, 0.15) is 6.61 Å². The molecule has 0 N–H and O–H groups in total. The smallest absolute Gasteiger partial charge is 0.430 e. The molecule has 5 nitrogen and oxygen atoms in total. The number of carbonyl (C=O) groups is 1. The number of rotatable bonds is 5. The lowest BCUT2D eigenvalue weighted by atomic mass is 10.8. The zero-order chi connectivity index (χ0) is 8.53. The lowest BCUT2D eigenvalue weighted by Crippen LogP contribution is -2.11. The van der Waals surface area contributed by atoms with Crippen molar-refractivity contribution in [2.24, 2.45) is 0 Å². The van der Waals surface area contributed by atoms with Crippen molar-refractivity contribution >= 4 is 6.16 Å². The first-order valence-corrected chi connectivity index (χ1v) is 3.26. The summed E-state index contributed by atoms with van der Waals surface area (Å²) in [7, 11) is 1.51. The molecule has 0 saturated heterocycles. The van der Waals surface area contributed by atoms with Crippen molar-refractivity contribution in [1.29, 1.82) is 0 Å². The molecule has 0 aliphatic heterocycles. The van der Waals surface area contributed by atoms with Crippen LogP contribution in [-0.4, -0.2) is 33.1 Å². The maximum absolute atomic E-state index is 10.5. The average molecular weight is 164 g/mol. The lowest BCUT2D eigenvalue weighted by molar-refractivity contribution is -0.251. The van der Waals surface area contributed by atoms with E-state index in [9.17, 15) is 4.79 Å². The second kappa shape index (κ2) is 7.30. The van der Waals surface area contributed by atoms with Gasteiger partial charge in [-0.25, -0.2) is 4.79 Å². The van der Waals surface area contributed by atoms with Crippen LogP contribution in [0.3, 0.4) is 0 Å². The van der Waals surface area contributed by atoms with E-state index in [4.69, 9.17) is 0 Å². The molecule has 0 unspecified atom stereocenters. The van der Waals surface area contributed by atoms with E-state index in [0.717, 1.165) is 0 Å². The molecule has 0 bridgehead atoms. The van der Waals surface area contributed by atoms with Gasteiger partial charge in [-0.2, -0.15) is 4.89 Å². The summed E-state index contributed by atoms with van der Waals surface area (Å²) in [6.07, 6.45) is -0.844. The average Bonchev–Trinajstić information content (AvgIpc) is 2.01. The number of ether oxygens (including phenoxy) is 2. The standard InChI is InChI=1S/C6H12O5/c1-3-10-11-6(7)9-5-4-8-2/h3-5H2,1-2H3. The quantitative estimate of drug-likeness (QED) is 0.259. The Morgan fingerprint density at radius 1 is 1.36 bits per heavy atom. The highest BCUT2D eigenvalue weighted by Crippen LogP contribution is 1.86. The summed E-state index contributed by atoms with van der Waals surface area (Å²) < 4.78 is 9.10. The Morgan fingerprint density at radius 3 is 2.64 bits per heavy atom. The zero-order valence-electron chi connectivity index (χ0n) is 6.66. The van der Waals surface area contributed by atoms with Crippen molar-refractivity contribution < 1.29 is 24.0 Å². The molecule has 0 radical (unpaired) electrons. The number of hydrogen-bond acceptors (Lipinski definition) is 5. The monoisotopic (exact) mass is 164 g/mol. The Bertz CT molecular complexity index is 103. The first-order chi connectivity index (χ1) is 5.31. The van der Waals surface area contributed by atoms with Crippen molar-refractivity contribution in [2.45, 2.75) is 6.92 Å². The molecule has 0 aromatic heterocycles. The summed E-state index contributed by atoms with van der Waals surface area (Å²) in [6.45, 7) is 2.52. The molecular formula is C6H12O5. The van der Waals surface area contributed by atoms with Crippen LogP contribution in [0.15, 0.2) is 0 Å². The highest BCUT2D eigenvalue weighted by atomic mass is 17.2. The molecule has 0 atom stereocenters. The number of carbonyl (C=O) groups excluding carboxylic acids is 1. The molecule has 0 rings (SSSR count). The minimum atomic E-state index is -0.844. The van der Waals surface area contributed by atoms with Crippen molar-refractivity contribution in [1.82, 2.24) is 0 Å². The minimum Gasteiger partial charge on any atom is -0.430 e. The van der Waals surface area contributed by atoms with Gasteiger partial charge in [0.2, 0.25) is 0 Å². The Kier molecular flexibility index (Phi) is 6.76. The molecular weight excluding hydrogens is 152 g/mol. The van der Waals surface area contributed by atoms with Crippen LogP contribution in [0, 0.1) is 0 Å². The minimum absolute atomic E-state index is 0.169. The molecule has 5 heteroatoms. The fourth-order valence-electron chi connectivity index (χ4n) is 0.339. The third-order valence-corrected chi connectivity index (χ3v) is 0.752. The molecule has 0 heterocycles. The maximum Gasteiger partial charge on any atom is 0.540 e. The molecule has 0 saturated carbocycles. The molecule has 0 aromatic carbocycles. The second-order valence-electron chi connectivity index (χ2n) is 1.58. The van der Waals surface area contributed by atoms with Crippen LogP contribution in [0.4, 0.5) is 4.79 Å². The van der Waals surface area contributed by atoms with E-state index in [0.29, 0.717) is 13.2 Å². The molecule has 0 amide bonds. The van der Waals surface area contributed by atoms with Crippen LogP contribution in [0.25, 0.3) is 0 Å². The SMILES string of the molecule is CCOOC(=O)OCCOC. The molecule has 0 spiro atoms. The summed E-state index contributed by atoms with van der Waals surface area (Å²) in [6, 6.07) is 0. The predicted octanol–water partition coefficient (Wildman–Crippen LogP) is 0.738. The summed E-state index contributed by atoms with van der Waals surface area (Å²) in [5.41, 5.74) is 0. The van der Waals surface area contributed by atoms with Crippen molar-refractivity contribution in [3.05, 3.63) is 0 Å². The Labute approximate surface area is 65.1 Å². The molecule has 0 aliphatic rings. The Balaban J connectivity index is 3.09. The van der Waals surface area contributed by atoms with E-state index < -0.39 is 6.16 Å². The van der Waals surface area contributed by atoms with Gasteiger partial charge >= 0.3 is 6.16 Å². The van der Waals surface area contributed by atoms with Crippen LogP contribution in [0.1, 0.15) is 6.92 Å². The highest BCUT2D eigenvalue weighted by Gasteiger charge is 2.02. The third-order valence-electron chi connectivity index (χ3n) is 0.752. The summed E-state index contributed by atoms with van der Waals surface area (Å²) in [4.78, 5) is 18.9.